The summed E-state index contributed by atoms with van der Waals surface area (Å²) in [5.74, 6) is 1.69. The lowest BCUT2D eigenvalue weighted by molar-refractivity contribution is 0.155. The smallest absolute Gasteiger partial charge is 0.227 e. The van der Waals surface area contributed by atoms with Gasteiger partial charge in [-0.2, -0.15) is 4.98 Å². The second kappa shape index (κ2) is 3.56. The zero-order valence-electron chi connectivity index (χ0n) is 11.3. The second-order valence-electron chi connectivity index (χ2n) is 6.66. The molecule has 0 amide bonds. The highest BCUT2D eigenvalue weighted by Crippen LogP contribution is 2.62. The van der Waals surface area contributed by atoms with Gasteiger partial charge in [-0.25, -0.2) is 9.97 Å². The molecular formula is C13H21N5. The van der Waals surface area contributed by atoms with Crippen molar-refractivity contribution in [1.82, 2.24) is 15.0 Å². The average Bonchev–Trinajstić information content (AvgIpc) is 2.76. The molecule has 0 spiro atoms. The first kappa shape index (κ1) is 11.7. The molecule has 98 valence electrons. The molecular weight excluding hydrogens is 226 g/mol. The summed E-state index contributed by atoms with van der Waals surface area (Å²) in [6.07, 6.45) is 5.41. The molecule has 5 heteroatoms. The van der Waals surface area contributed by atoms with E-state index in [2.05, 4.69) is 41.0 Å². The molecule has 2 saturated carbocycles. The van der Waals surface area contributed by atoms with Crippen LogP contribution in [0.4, 0.5) is 11.9 Å². The summed E-state index contributed by atoms with van der Waals surface area (Å²) in [4.78, 5) is 12.2. The standard InChI is InChI=1S/C13H21N5/c1-12(2)8-4-5-13(3,6-8)9(12)17-11-16-7-15-10(14)18-11/h7-9H,4-6H2,1-3H3,(H3,14,15,16,17,18). The van der Waals surface area contributed by atoms with E-state index in [9.17, 15) is 0 Å². The lowest BCUT2D eigenvalue weighted by Crippen LogP contribution is -2.46. The first-order valence-corrected chi connectivity index (χ1v) is 6.63. The highest BCUT2D eigenvalue weighted by Gasteiger charge is 2.59. The van der Waals surface area contributed by atoms with Gasteiger partial charge in [-0.1, -0.05) is 20.8 Å². The van der Waals surface area contributed by atoms with Crippen LogP contribution in [-0.4, -0.2) is 21.0 Å². The Balaban J connectivity index is 1.88. The van der Waals surface area contributed by atoms with Crippen molar-refractivity contribution in [3.8, 4) is 0 Å². The summed E-state index contributed by atoms with van der Waals surface area (Å²) in [6.45, 7) is 7.08. The summed E-state index contributed by atoms with van der Waals surface area (Å²) in [6, 6.07) is 0.408. The van der Waals surface area contributed by atoms with Crippen LogP contribution in [0.25, 0.3) is 0 Å². The van der Waals surface area contributed by atoms with Gasteiger partial charge < -0.3 is 11.1 Å². The number of aromatic nitrogens is 3. The molecule has 2 bridgehead atoms. The third-order valence-corrected chi connectivity index (χ3v) is 5.13. The number of nitrogens with one attached hydrogen (secondary N) is 1. The molecule has 0 radical (unpaired) electrons. The number of nitrogens with two attached hydrogens (primary N) is 1. The fourth-order valence-corrected chi connectivity index (χ4v) is 4.17. The fraction of sp³-hybridized carbons (Fsp3) is 0.769. The predicted molar refractivity (Wildman–Crippen MR) is 70.9 cm³/mol. The SMILES string of the molecule is CC12CCC(C1)C(C)(C)C2Nc1ncnc(N)n1. The van der Waals surface area contributed by atoms with Crippen LogP contribution >= 0.6 is 0 Å². The van der Waals surface area contributed by atoms with Gasteiger partial charge in [0.25, 0.3) is 0 Å². The van der Waals surface area contributed by atoms with Gasteiger partial charge >= 0.3 is 0 Å². The van der Waals surface area contributed by atoms with Gasteiger partial charge in [0.15, 0.2) is 0 Å². The van der Waals surface area contributed by atoms with Crippen LogP contribution in [-0.2, 0) is 0 Å². The van der Waals surface area contributed by atoms with Gasteiger partial charge in [0.05, 0.1) is 0 Å². The van der Waals surface area contributed by atoms with Gasteiger partial charge in [-0.15, -0.1) is 0 Å². The van der Waals surface area contributed by atoms with Gasteiger partial charge in [0, 0.05) is 6.04 Å². The molecule has 1 heterocycles. The maximum Gasteiger partial charge on any atom is 0.227 e. The van der Waals surface area contributed by atoms with Crippen LogP contribution in [0, 0.1) is 16.7 Å². The number of fused-ring (bicyclic) bond motifs is 2. The molecule has 1 aromatic rings. The Labute approximate surface area is 108 Å². The third-order valence-electron chi connectivity index (χ3n) is 5.13. The first-order chi connectivity index (χ1) is 8.42. The van der Waals surface area contributed by atoms with E-state index in [1.807, 2.05) is 0 Å². The molecule has 3 N–H and O–H groups in total. The third kappa shape index (κ3) is 1.56. The van der Waals surface area contributed by atoms with E-state index >= 15 is 0 Å². The minimum Gasteiger partial charge on any atom is -0.368 e. The molecule has 0 saturated heterocycles. The second-order valence-corrected chi connectivity index (χ2v) is 6.66. The normalized spacial score (nSPS) is 36.8. The molecule has 3 unspecified atom stereocenters. The number of rotatable bonds is 2. The molecule has 3 atom stereocenters. The van der Waals surface area contributed by atoms with Crippen molar-refractivity contribution in [3.05, 3.63) is 6.33 Å². The van der Waals surface area contributed by atoms with E-state index in [1.54, 1.807) is 0 Å². The van der Waals surface area contributed by atoms with Gasteiger partial charge in [-0.3, -0.25) is 0 Å². The van der Waals surface area contributed by atoms with E-state index in [-0.39, 0.29) is 11.4 Å². The van der Waals surface area contributed by atoms with Crippen LogP contribution in [0.15, 0.2) is 6.33 Å². The maximum atomic E-state index is 5.61. The minimum absolute atomic E-state index is 0.276. The number of anilines is 2. The zero-order chi connectivity index (χ0) is 13.0. The van der Waals surface area contributed by atoms with Crippen molar-refractivity contribution in [1.29, 1.82) is 0 Å². The van der Waals surface area contributed by atoms with Crippen LogP contribution < -0.4 is 11.1 Å². The molecule has 0 aromatic carbocycles. The summed E-state index contributed by atoms with van der Waals surface area (Å²) in [7, 11) is 0. The lowest BCUT2D eigenvalue weighted by atomic mass is 9.68. The van der Waals surface area contributed by atoms with Crippen molar-refractivity contribution < 1.29 is 0 Å². The summed E-state index contributed by atoms with van der Waals surface area (Å²) < 4.78 is 0. The van der Waals surface area contributed by atoms with Crippen molar-refractivity contribution in [2.45, 2.75) is 46.1 Å². The van der Waals surface area contributed by atoms with Crippen molar-refractivity contribution in [3.63, 3.8) is 0 Å². The molecule has 5 nitrogen and oxygen atoms in total. The van der Waals surface area contributed by atoms with E-state index < -0.39 is 0 Å². The van der Waals surface area contributed by atoms with Gasteiger partial charge in [0.1, 0.15) is 6.33 Å². The van der Waals surface area contributed by atoms with Crippen LogP contribution in [0.5, 0.6) is 0 Å². The summed E-state index contributed by atoms with van der Waals surface area (Å²) >= 11 is 0. The molecule has 2 aliphatic carbocycles. The zero-order valence-corrected chi connectivity index (χ0v) is 11.3. The van der Waals surface area contributed by atoms with Crippen LogP contribution in [0.2, 0.25) is 0 Å². The van der Waals surface area contributed by atoms with Crippen LogP contribution in [0.1, 0.15) is 40.0 Å². The monoisotopic (exact) mass is 247 g/mol. The van der Waals surface area contributed by atoms with Crippen molar-refractivity contribution in [2.75, 3.05) is 11.1 Å². The van der Waals surface area contributed by atoms with E-state index in [1.165, 1.54) is 25.6 Å². The van der Waals surface area contributed by atoms with Gasteiger partial charge in [-0.05, 0) is 36.0 Å². The number of hydrogen-bond acceptors (Lipinski definition) is 5. The molecule has 3 rings (SSSR count). The number of hydrogen-bond donors (Lipinski definition) is 2. The Morgan fingerprint density at radius 1 is 1.33 bits per heavy atom. The van der Waals surface area contributed by atoms with E-state index in [4.69, 9.17) is 5.73 Å². The first-order valence-electron chi connectivity index (χ1n) is 6.63. The Hall–Kier alpha value is -1.39. The van der Waals surface area contributed by atoms with E-state index in [0.717, 1.165) is 5.92 Å². The summed E-state index contributed by atoms with van der Waals surface area (Å²) in [5, 5.41) is 3.50. The highest BCUT2D eigenvalue weighted by atomic mass is 15.2. The van der Waals surface area contributed by atoms with Crippen molar-refractivity contribution in [2.24, 2.45) is 16.7 Å². The fourth-order valence-electron chi connectivity index (χ4n) is 4.17. The molecule has 2 aliphatic rings. The predicted octanol–water partition coefficient (Wildman–Crippen LogP) is 2.08. The highest BCUT2D eigenvalue weighted by molar-refractivity contribution is 5.34. The quantitative estimate of drug-likeness (QED) is 0.836. The molecule has 18 heavy (non-hydrogen) atoms. The Kier molecular flexibility index (Phi) is 2.31. The lowest BCUT2D eigenvalue weighted by Gasteiger charge is -2.43. The van der Waals surface area contributed by atoms with Crippen LogP contribution in [0.3, 0.4) is 0 Å². The number of nitrogens with zero attached hydrogens (tertiary/aromatic N) is 3. The van der Waals surface area contributed by atoms with E-state index in [0.29, 0.717) is 17.4 Å². The minimum atomic E-state index is 0.276. The largest absolute Gasteiger partial charge is 0.368 e. The topological polar surface area (TPSA) is 76.7 Å². The molecule has 1 aromatic heterocycles. The van der Waals surface area contributed by atoms with Crippen molar-refractivity contribution >= 4 is 11.9 Å². The average molecular weight is 247 g/mol. The van der Waals surface area contributed by atoms with Gasteiger partial charge in [0.2, 0.25) is 11.9 Å². The Morgan fingerprint density at radius 3 is 2.72 bits per heavy atom. The molecule has 2 fully saturated rings. The number of nitrogen functional groups attached to an aromatic ring is 1. The summed E-state index contributed by atoms with van der Waals surface area (Å²) in [5.41, 5.74) is 6.25. The Bertz CT molecular complexity index is 467. The molecule has 0 aliphatic heterocycles. The maximum absolute atomic E-state index is 5.61. The Morgan fingerprint density at radius 2 is 2.11 bits per heavy atom.